The van der Waals surface area contributed by atoms with Crippen molar-refractivity contribution in [2.75, 3.05) is 17.7 Å². The van der Waals surface area contributed by atoms with Crippen LogP contribution in [0.4, 0.5) is 12.0 Å². The molecule has 2 aromatic rings. The van der Waals surface area contributed by atoms with Crippen molar-refractivity contribution in [3.8, 4) is 0 Å². The molecule has 0 aliphatic heterocycles. The molecule has 0 amide bonds. The van der Waals surface area contributed by atoms with E-state index in [2.05, 4.69) is 10.2 Å². The Bertz CT molecular complexity index is 485. The van der Waals surface area contributed by atoms with Crippen LogP contribution in [0.25, 0.3) is 0 Å². The summed E-state index contributed by atoms with van der Waals surface area (Å²) in [4.78, 5) is 1.80. The van der Waals surface area contributed by atoms with Gasteiger partial charge < -0.3 is 15.1 Å². The first-order valence-electron chi connectivity index (χ1n) is 4.70. The number of nitrogens with zero attached hydrogens (tertiary/aromatic N) is 3. The summed E-state index contributed by atoms with van der Waals surface area (Å²) in [6.07, 6.45) is 0. The first-order valence-corrected chi connectivity index (χ1v) is 5.07. The largest absolute Gasteiger partial charge is 0.390 e. The van der Waals surface area contributed by atoms with Gasteiger partial charge in [0.15, 0.2) is 0 Å². The van der Waals surface area contributed by atoms with Gasteiger partial charge in [-0.25, -0.2) is 0 Å². The molecule has 0 fully saturated rings. The van der Waals surface area contributed by atoms with E-state index in [9.17, 15) is 0 Å². The lowest BCUT2D eigenvalue weighted by Crippen LogP contribution is -2.16. The van der Waals surface area contributed by atoms with Crippen LogP contribution in [0, 0.1) is 0 Å². The van der Waals surface area contributed by atoms with Gasteiger partial charge in [0.25, 0.3) is 0 Å². The summed E-state index contributed by atoms with van der Waals surface area (Å²) in [5, 5.41) is 8.08. The van der Waals surface area contributed by atoms with Crippen molar-refractivity contribution >= 4 is 23.6 Å². The fourth-order valence-corrected chi connectivity index (χ4v) is 1.57. The van der Waals surface area contributed by atoms with Crippen molar-refractivity contribution in [1.82, 2.24) is 10.2 Å². The summed E-state index contributed by atoms with van der Waals surface area (Å²) in [6, 6.07) is 8.04. The van der Waals surface area contributed by atoms with E-state index < -0.39 is 0 Å². The zero-order valence-corrected chi connectivity index (χ0v) is 9.48. The number of hydrogen-bond donors (Lipinski definition) is 1. The van der Waals surface area contributed by atoms with Crippen LogP contribution in [0.15, 0.2) is 28.7 Å². The highest BCUT2D eigenvalue weighted by atomic mass is 35.5. The van der Waals surface area contributed by atoms with E-state index in [-0.39, 0.29) is 6.01 Å². The number of nitrogens with two attached hydrogens (primary N) is 1. The van der Waals surface area contributed by atoms with Crippen LogP contribution in [0.2, 0.25) is 5.02 Å². The molecule has 0 spiro atoms. The normalized spacial score (nSPS) is 10.4. The Kier molecular flexibility index (Phi) is 2.96. The Balaban J connectivity index is 2.10. The molecule has 0 bridgehead atoms. The molecule has 0 radical (unpaired) electrons. The van der Waals surface area contributed by atoms with Crippen LogP contribution in [-0.2, 0) is 6.54 Å². The standard InChI is InChI=1S/C10H11ClN4O/c1-15(10-14-13-9(12)16-10)6-7-3-2-4-8(11)5-7/h2-5H,6H2,1H3,(H2,12,13). The fourth-order valence-electron chi connectivity index (χ4n) is 1.36. The molecule has 0 aliphatic rings. The quantitative estimate of drug-likeness (QED) is 0.885. The third-order valence-corrected chi connectivity index (χ3v) is 2.30. The summed E-state index contributed by atoms with van der Waals surface area (Å²) in [5.74, 6) is 0. The lowest BCUT2D eigenvalue weighted by molar-refractivity contribution is 0.559. The van der Waals surface area contributed by atoms with Gasteiger partial charge in [-0.1, -0.05) is 33.9 Å². The SMILES string of the molecule is CN(Cc1cccc(Cl)c1)c1nnc(N)o1. The third kappa shape index (κ3) is 2.43. The molecule has 2 N–H and O–H groups in total. The van der Waals surface area contributed by atoms with E-state index in [1.165, 1.54) is 0 Å². The van der Waals surface area contributed by atoms with E-state index in [0.29, 0.717) is 17.6 Å². The van der Waals surface area contributed by atoms with Crippen LogP contribution in [-0.4, -0.2) is 17.2 Å². The van der Waals surface area contributed by atoms with Crippen LogP contribution in [0.5, 0.6) is 0 Å². The van der Waals surface area contributed by atoms with Crippen LogP contribution in [0.3, 0.4) is 0 Å². The van der Waals surface area contributed by atoms with Crippen molar-refractivity contribution in [1.29, 1.82) is 0 Å². The summed E-state index contributed by atoms with van der Waals surface area (Å²) < 4.78 is 5.10. The second-order valence-electron chi connectivity index (χ2n) is 3.41. The minimum absolute atomic E-state index is 0.0629. The summed E-state index contributed by atoms with van der Waals surface area (Å²) in [5.41, 5.74) is 6.41. The summed E-state index contributed by atoms with van der Waals surface area (Å²) in [6.45, 7) is 0.627. The van der Waals surface area contributed by atoms with E-state index in [1.807, 2.05) is 31.3 Å². The molecule has 0 unspecified atom stereocenters. The van der Waals surface area contributed by atoms with Gasteiger partial charge in [-0.15, -0.1) is 0 Å². The maximum absolute atomic E-state index is 5.89. The molecule has 6 heteroatoms. The van der Waals surface area contributed by atoms with Gasteiger partial charge in [0.1, 0.15) is 0 Å². The van der Waals surface area contributed by atoms with Crippen LogP contribution >= 0.6 is 11.6 Å². The minimum atomic E-state index is 0.0629. The highest BCUT2D eigenvalue weighted by Gasteiger charge is 2.09. The highest BCUT2D eigenvalue weighted by molar-refractivity contribution is 6.30. The number of halogens is 1. The van der Waals surface area contributed by atoms with Crippen molar-refractivity contribution in [3.63, 3.8) is 0 Å². The van der Waals surface area contributed by atoms with Crippen molar-refractivity contribution in [2.45, 2.75) is 6.54 Å². The number of nitrogen functional groups attached to an aromatic ring is 1. The molecule has 5 nitrogen and oxygen atoms in total. The van der Waals surface area contributed by atoms with Gasteiger partial charge in [0.2, 0.25) is 0 Å². The monoisotopic (exact) mass is 238 g/mol. The Morgan fingerprint density at radius 3 is 2.88 bits per heavy atom. The van der Waals surface area contributed by atoms with Crippen LogP contribution < -0.4 is 10.6 Å². The average Bonchev–Trinajstić information content (AvgIpc) is 2.65. The molecule has 16 heavy (non-hydrogen) atoms. The lowest BCUT2D eigenvalue weighted by atomic mass is 10.2. The molecular weight excluding hydrogens is 228 g/mol. The number of rotatable bonds is 3. The zero-order chi connectivity index (χ0) is 11.5. The molecular formula is C10H11ClN4O. The van der Waals surface area contributed by atoms with Gasteiger partial charge in [0.05, 0.1) is 0 Å². The molecule has 1 aromatic carbocycles. The smallest absolute Gasteiger partial charge is 0.319 e. The van der Waals surface area contributed by atoms with Crippen molar-refractivity contribution in [3.05, 3.63) is 34.9 Å². The van der Waals surface area contributed by atoms with E-state index >= 15 is 0 Å². The van der Waals surface area contributed by atoms with E-state index in [1.54, 1.807) is 4.90 Å². The van der Waals surface area contributed by atoms with E-state index in [4.69, 9.17) is 21.8 Å². The fraction of sp³-hybridized carbons (Fsp3) is 0.200. The number of anilines is 2. The Morgan fingerprint density at radius 2 is 2.25 bits per heavy atom. The molecule has 1 aromatic heterocycles. The third-order valence-electron chi connectivity index (χ3n) is 2.07. The molecule has 0 atom stereocenters. The van der Waals surface area contributed by atoms with Gasteiger partial charge in [-0.2, -0.15) is 0 Å². The highest BCUT2D eigenvalue weighted by Crippen LogP contribution is 2.16. The molecule has 0 saturated carbocycles. The molecule has 0 aliphatic carbocycles. The second kappa shape index (κ2) is 4.40. The van der Waals surface area contributed by atoms with Gasteiger partial charge in [-0.3, -0.25) is 0 Å². The summed E-state index contributed by atoms with van der Waals surface area (Å²) >= 11 is 5.89. The van der Waals surface area contributed by atoms with Crippen molar-refractivity contribution in [2.24, 2.45) is 0 Å². The maximum atomic E-state index is 5.89. The van der Waals surface area contributed by atoms with E-state index in [0.717, 1.165) is 5.56 Å². The zero-order valence-electron chi connectivity index (χ0n) is 8.72. The van der Waals surface area contributed by atoms with Gasteiger partial charge in [0, 0.05) is 18.6 Å². The molecule has 2 rings (SSSR count). The molecule has 0 saturated heterocycles. The van der Waals surface area contributed by atoms with Crippen molar-refractivity contribution < 1.29 is 4.42 Å². The Hall–Kier alpha value is -1.75. The predicted octanol–water partition coefficient (Wildman–Crippen LogP) is 1.94. The molecule has 84 valence electrons. The number of hydrogen-bond acceptors (Lipinski definition) is 5. The van der Waals surface area contributed by atoms with Crippen LogP contribution in [0.1, 0.15) is 5.56 Å². The summed E-state index contributed by atoms with van der Waals surface area (Å²) in [7, 11) is 1.84. The maximum Gasteiger partial charge on any atom is 0.319 e. The predicted molar refractivity (Wildman–Crippen MR) is 62.3 cm³/mol. The second-order valence-corrected chi connectivity index (χ2v) is 3.85. The van der Waals surface area contributed by atoms with Gasteiger partial charge in [-0.05, 0) is 17.7 Å². The topological polar surface area (TPSA) is 68.2 Å². The average molecular weight is 239 g/mol. The molecule has 1 heterocycles. The first-order chi connectivity index (χ1) is 7.65. The lowest BCUT2D eigenvalue weighted by Gasteiger charge is -2.13. The first kappa shape index (κ1) is 10.8. The number of aromatic nitrogens is 2. The minimum Gasteiger partial charge on any atom is -0.390 e. The van der Waals surface area contributed by atoms with Gasteiger partial charge >= 0.3 is 12.0 Å². The Labute approximate surface area is 97.8 Å². The number of benzene rings is 1. The Morgan fingerprint density at radius 1 is 1.44 bits per heavy atom.